The molecule has 0 saturated carbocycles. The number of ether oxygens (including phenoxy) is 1. The molecule has 0 saturated heterocycles. The van der Waals surface area contributed by atoms with E-state index in [1.54, 1.807) is 0 Å². The van der Waals surface area contributed by atoms with Crippen LogP contribution in [0.4, 0.5) is 19.0 Å². The maximum atomic E-state index is 12.9. The zero-order valence-electron chi connectivity index (χ0n) is 6.72. The molecule has 13 heavy (non-hydrogen) atoms. The highest BCUT2D eigenvalue weighted by molar-refractivity contribution is 5.41. The van der Waals surface area contributed by atoms with E-state index in [1.807, 2.05) is 0 Å². The smallest absolute Gasteiger partial charge is 0.280 e. The number of nitrogens with zero attached hydrogens (tertiary/aromatic N) is 1. The van der Waals surface area contributed by atoms with Crippen LogP contribution in [-0.4, -0.2) is 12.1 Å². The van der Waals surface area contributed by atoms with Crippen molar-refractivity contribution in [3.05, 3.63) is 17.6 Å². The molecule has 0 bridgehead atoms. The van der Waals surface area contributed by atoms with Gasteiger partial charge in [0.15, 0.2) is 11.6 Å². The monoisotopic (exact) mass is 192 g/mol. The predicted octanol–water partition coefficient (Wildman–Crippen LogP) is 1.75. The molecule has 0 radical (unpaired) electrons. The number of hydrogen-bond acceptors (Lipinski definition) is 3. The fourth-order valence-corrected chi connectivity index (χ4v) is 0.805. The summed E-state index contributed by atoms with van der Waals surface area (Å²) in [6.07, 6.45) is -2.79. The molecule has 0 amide bonds. The van der Waals surface area contributed by atoms with Crippen LogP contribution in [0.1, 0.15) is 12.1 Å². The summed E-state index contributed by atoms with van der Waals surface area (Å²) in [6.45, 7) is 0. The second-order valence-corrected chi connectivity index (χ2v) is 2.25. The third-order valence-corrected chi connectivity index (χ3v) is 1.41. The molecular formula is C7H7F3N2O. The van der Waals surface area contributed by atoms with Crippen LogP contribution in [0.5, 0.6) is 5.75 Å². The number of nitrogen functional groups attached to an aromatic ring is 1. The van der Waals surface area contributed by atoms with Crippen molar-refractivity contribution in [3.8, 4) is 5.75 Å². The summed E-state index contributed by atoms with van der Waals surface area (Å²) in [7, 11) is 1.16. The number of nitrogens with two attached hydrogens (primary N) is 1. The molecule has 6 heteroatoms. The fraction of sp³-hybridized carbons (Fsp3) is 0.286. The van der Waals surface area contributed by atoms with Gasteiger partial charge in [-0.3, -0.25) is 0 Å². The number of methoxy groups -OCH3 is 1. The largest absolute Gasteiger partial charge is 0.493 e. The Bertz CT molecular complexity index is 317. The molecular weight excluding hydrogens is 185 g/mol. The molecule has 1 aromatic rings. The predicted molar refractivity (Wildman–Crippen MR) is 40.1 cm³/mol. The molecule has 1 aromatic heterocycles. The van der Waals surface area contributed by atoms with Crippen molar-refractivity contribution < 1.29 is 17.9 Å². The zero-order valence-corrected chi connectivity index (χ0v) is 6.72. The number of hydrogen-bond donors (Lipinski definition) is 1. The minimum atomic E-state index is -2.79. The normalized spacial score (nSPS) is 10.5. The number of alkyl halides is 2. The Morgan fingerprint density at radius 2 is 2.15 bits per heavy atom. The lowest BCUT2D eigenvalue weighted by Gasteiger charge is -2.06. The first-order chi connectivity index (χ1) is 6.06. The second-order valence-electron chi connectivity index (χ2n) is 2.25. The van der Waals surface area contributed by atoms with Crippen molar-refractivity contribution in [1.29, 1.82) is 0 Å². The summed E-state index contributed by atoms with van der Waals surface area (Å²) >= 11 is 0. The van der Waals surface area contributed by atoms with E-state index in [0.29, 0.717) is 0 Å². The van der Waals surface area contributed by atoms with Gasteiger partial charge in [-0.15, -0.1) is 0 Å². The average molecular weight is 192 g/mol. The van der Waals surface area contributed by atoms with Gasteiger partial charge in [0.25, 0.3) is 6.43 Å². The molecule has 3 nitrogen and oxygen atoms in total. The van der Waals surface area contributed by atoms with E-state index in [4.69, 9.17) is 5.73 Å². The lowest BCUT2D eigenvalue weighted by atomic mass is 10.3. The van der Waals surface area contributed by atoms with Gasteiger partial charge in [0.1, 0.15) is 5.69 Å². The number of aromatic nitrogens is 1. The average Bonchev–Trinajstić information content (AvgIpc) is 2.09. The van der Waals surface area contributed by atoms with E-state index >= 15 is 0 Å². The van der Waals surface area contributed by atoms with Gasteiger partial charge < -0.3 is 10.5 Å². The first-order valence-electron chi connectivity index (χ1n) is 3.34. The lowest BCUT2D eigenvalue weighted by molar-refractivity contribution is 0.145. The Labute approximate surface area is 72.3 Å². The summed E-state index contributed by atoms with van der Waals surface area (Å²) in [6, 6.07) is 0.816. The van der Waals surface area contributed by atoms with Crippen LogP contribution < -0.4 is 10.5 Å². The van der Waals surface area contributed by atoms with Gasteiger partial charge in [-0.25, -0.2) is 13.8 Å². The van der Waals surface area contributed by atoms with E-state index in [2.05, 4.69) is 9.72 Å². The van der Waals surface area contributed by atoms with Crippen LogP contribution in [0.3, 0.4) is 0 Å². The Morgan fingerprint density at radius 3 is 2.62 bits per heavy atom. The van der Waals surface area contributed by atoms with Crippen molar-refractivity contribution in [2.75, 3.05) is 12.8 Å². The summed E-state index contributed by atoms with van der Waals surface area (Å²) in [4.78, 5) is 3.15. The van der Waals surface area contributed by atoms with Crippen molar-refractivity contribution in [1.82, 2.24) is 4.98 Å². The molecule has 0 aliphatic rings. The van der Waals surface area contributed by atoms with Crippen LogP contribution in [0.15, 0.2) is 6.07 Å². The highest BCUT2D eigenvalue weighted by atomic mass is 19.3. The molecule has 1 heterocycles. The van der Waals surface area contributed by atoms with Gasteiger partial charge in [-0.05, 0) is 0 Å². The minimum Gasteiger partial charge on any atom is -0.493 e. The molecule has 0 aliphatic heterocycles. The molecule has 0 spiro atoms. The Kier molecular flexibility index (Phi) is 2.60. The van der Waals surface area contributed by atoms with Gasteiger partial charge in [0.05, 0.1) is 7.11 Å². The van der Waals surface area contributed by atoms with Gasteiger partial charge >= 0.3 is 0 Å². The molecule has 72 valence electrons. The fourth-order valence-electron chi connectivity index (χ4n) is 0.805. The summed E-state index contributed by atoms with van der Waals surface area (Å²) in [5.41, 5.74) is 4.43. The van der Waals surface area contributed by atoms with Gasteiger partial charge in [-0.2, -0.15) is 4.39 Å². The highest BCUT2D eigenvalue weighted by Gasteiger charge is 2.16. The van der Waals surface area contributed by atoms with E-state index in [-0.39, 0.29) is 5.75 Å². The second kappa shape index (κ2) is 3.51. The maximum Gasteiger partial charge on any atom is 0.280 e. The number of anilines is 1. The molecule has 0 fully saturated rings. The van der Waals surface area contributed by atoms with Crippen molar-refractivity contribution in [3.63, 3.8) is 0 Å². The van der Waals surface area contributed by atoms with Crippen LogP contribution >= 0.6 is 0 Å². The Balaban J connectivity index is 3.22. The lowest BCUT2D eigenvalue weighted by Crippen LogP contribution is -2.02. The summed E-state index contributed by atoms with van der Waals surface area (Å²) in [5.74, 6) is -1.84. The SMILES string of the molecule is COc1cc(C(F)F)nc(N)c1F. The maximum absolute atomic E-state index is 12.9. The zero-order chi connectivity index (χ0) is 10.0. The third kappa shape index (κ3) is 1.82. The quantitative estimate of drug-likeness (QED) is 0.776. The van der Waals surface area contributed by atoms with E-state index in [9.17, 15) is 13.2 Å². The van der Waals surface area contributed by atoms with Gasteiger partial charge in [0.2, 0.25) is 5.82 Å². The molecule has 0 unspecified atom stereocenters. The first-order valence-corrected chi connectivity index (χ1v) is 3.34. The minimum absolute atomic E-state index is 0.331. The number of halogens is 3. The van der Waals surface area contributed by atoms with Crippen molar-refractivity contribution >= 4 is 5.82 Å². The molecule has 0 aromatic carbocycles. The van der Waals surface area contributed by atoms with Gasteiger partial charge in [-0.1, -0.05) is 0 Å². The van der Waals surface area contributed by atoms with Crippen LogP contribution in [0, 0.1) is 5.82 Å². The third-order valence-electron chi connectivity index (χ3n) is 1.41. The van der Waals surface area contributed by atoms with E-state index < -0.39 is 23.8 Å². The van der Waals surface area contributed by atoms with E-state index in [0.717, 1.165) is 13.2 Å². The Morgan fingerprint density at radius 1 is 1.54 bits per heavy atom. The highest BCUT2D eigenvalue weighted by Crippen LogP contribution is 2.26. The van der Waals surface area contributed by atoms with E-state index in [1.165, 1.54) is 0 Å². The standard InChI is InChI=1S/C7H7F3N2O/c1-13-4-2-3(6(9)10)12-7(11)5(4)8/h2,6H,1H3,(H2,11,12). The van der Waals surface area contributed by atoms with Crippen LogP contribution in [0.25, 0.3) is 0 Å². The number of pyridine rings is 1. The van der Waals surface area contributed by atoms with Crippen molar-refractivity contribution in [2.45, 2.75) is 6.43 Å². The molecule has 2 N–H and O–H groups in total. The van der Waals surface area contributed by atoms with Crippen molar-refractivity contribution in [2.24, 2.45) is 0 Å². The molecule has 0 atom stereocenters. The molecule has 0 aliphatic carbocycles. The van der Waals surface area contributed by atoms with Crippen LogP contribution in [0.2, 0.25) is 0 Å². The Hall–Kier alpha value is -1.46. The number of rotatable bonds is 2. The first kappa shape index (κ1) is 9.63. The topological polar surface area (TPSA) is 48.1 Å². The molecule has 1 rings (SSSR count). The summed E-state index contributed by atoms with van der Waals surface area (Å²) in [5, 5.41) is 0. The van der Waals surface area contributed by atoms with Gasteiger partial charge in [0, 0.05) is 6.07 Å². The summed E-state index contributed by atoms with van der Waals surface area (Å²) < 4.78 is 41.6. The van der Waals surface area contributed by atoms with Crippen LogP contribution in [-0.2, 0) is 0 Å².